The maximum absolute atomic E-state index is 13.4. The van der Waals surface area contributed by atoms with E-state index in [-0.39, 0.29) is 18.6 Å². The van der Waals surface area contributed by atoms with Crippen LogP contribution in [0.4, 0.5) is 0 Å². The van der Waals surface area contributed by atoms with E-state index in [2.05, 4.69) is 0 Å². The van der Waals surface area contributed by atoms with Gasteiger partial charge in [-0.1, -0.05) is 0 Å². The van der Waals surface area contributed by atoms with Crippen LogP contribution in [-0.2, 0) is 24.1 Å². The summed E-state index contributed by atoms with van der Waals surface area (Å²) in [6.07, 6.45) is 0.174. The molecule has 0 saturated carbocycles. The van der Waals surface area contributed by atoms with Crippen LogP contribution in [0.3, 0.4) is 0 Å². The SMILES string of the molecule is COc1ccc(C(=O)Cc2cc(OC)c(OC)cc2Cc2cc(OC)c(OC)cc2CC(=O)O)cc1OC. The van der Waals surface area contributed by atoms with E-state index in [0.717, 1.165) is 11.1 Å². The van der Waals surface area contributed by atoms with Crippen LogP contribution in [0.5, 0.6) is 34.5 Å². The molecule has 0 aliphatic heterocycles. The fraction of sp³-hybridized carbons (Fsp3) is 0.310. The highest BCUT2D eigenvalue weighted by molar-refractivity contribution is 5.98. The second-order valence-corrected chi connectivity index (χ2v) is 8.37. The van der Waals surface area contributed by atoms with Crippen molar-refractivity contribution in [1.29, 1.82) is 0 Å². The summed E-state index contributed by atoms with van der Waals surface area (Å²) < 4.78 is 32.5. The fourth-order valence-corrected chi connectivity index (χ4v) is 4.24. The average molecular weight is 525 g/mol. The molecule has 9 heteroatoms. The molecule has 0 atom stereocenters. The Morgan fingerprint density at radius 1 is 0.553 bits per heavy atom. The van der Waals surface area contributed by atoms with Gasteiger partial charge in [0.1, 0.15) is 0 Å². The highest BCUT2D eigenvalue weighted by Gasteiger charge is 2.20. The molecule has 38 heavy (non-hydrogen) atoms. The molecule has 0 unspecified atom stereocenters. The van der Waals surface area contributed by atoms with Gasteiger partial charge in [-0.05, 0) is 71.1 Å². The van der Waals surface area contributed by atoms with Crippen LogP contribution in [0.1, 0.15) is 32.6 Å². The van der Waals surface area contributed by atoms with Gasteiger partial charge >= 0.3 is 5.97 Å². The average Bonchev–Trinajstić information content (AvgIpc) is 2.93. The number of carbonyl (C=O) groups excluding carboxylic acids is 1. The first-order valence-corrected chi connectivity index (χ1v) is 11.7. The number of benzene rings is 3. The lowest BCUT2D eigenvalue weighted by molar-refractivity contribution is -0.136. The van der Waals surface area contributed by atoms with Crippen molar-refractivity contribution in [2.24, 2.45) is 0 Å². The Bertz CT molecular complexity index is 1310. The number of rotatable bonds is 13. The molecule has 3 rings (SSSR count). The number of ether oxygens (including phenoxy) is 6. The van der Waals surface area contributed by atoms with Gasteiger partial charge in [-0.2, -0.15) is 0 Å². The van der Waals surface area contributed by atoms with Gasteiger partial charge < -0.3 is 33.5 Å². The van der Waals surface area contributed by atoms with Crippen LogP contribution in [-0.4, -0.2) is 59.5 Å². The van der Waals surface area contributed by atoms with E-state index in [1.54, 1.807) is 42.5 Å². The van der Waals surface area contributed by atoms with Crippen LogP contribution in [0.15, 0.2) is 42.5 Å². The number of hydrogen-bond acceptors (Lipinski definition) is 8. The first-order chi connectivity index (χ1) is 18.3. The van der Waals surface area contributed by atoms with E-state index in [4.69, 9.17) is 28.4 Å². The summed E-state index contributed by atoms with van der Waals surface area (Å²) in [4.78, 5) is 25.0. The molecule has 0 saturated heterocycles. The van der Waals surface area contributed by atoms with E-state index >= 15 is 0 Å². The molecule has 0 aromatic heterocycles. The Morgan fingerprint density at radius 3 is 1.37 bits per heavy atom. The van der Waals surface area contributed by atoms with Crippen LogP contribution in [0.25, 0.3) is 0 Å². The maximum atomic E-state index is 13.4. The minimum Gasteiger partial charge on any atom is -0.493 e. The van der Waals surface area contributed by atoms with Gasteiger partial charge in [0.2, 0.25) is 0 Å². The molecule has 0 spiro atoms. The molecule has 0 amide bonds. The predicted molar refractivity (Wildman–Crippen MR) is 141 cm³/mol. The van der Waals surface area contributed by atoms with E-state index in [9.17, 15) is 14.7 Å². The van der Waals surface area contributed by atoms with Crippen molar-refractivity contribution < 1.29 is 43.1 Å². The lowest BCUT2D eigenvalue weighted by Gasteiger charge is -2.18. The van der Waals surface area contributed by atoms with Gasteiger partial charge in [0.15, 0.2) is 40.3 Å². The normalized spacial score (nSPS) is 10.5. The molecule has 1 N–H and O–H groups in total. The van der Waals surface area contributed by atoms with Crippen molar-refractivity contribution in [3.05, 3.63) is 70.3 Å². The molecule has 0 bridgehead atoms. The van der Waals surface area contributed by atoms with E-state index in [1.807, 2.05) is 0 Å². The van der Waals surface area contributed by atoms with Crippen LogP contribution >= 0.6 is 0 Å². The molecule has 0 aliphatic rings. The molecular weight excluding hydrogens is 492 g/mol. The summed E-state index contributed by atoms with van der Waals surface area (Å²) in [7, 11) is 9.11. The number of carbonyl (C=O) groups is 2. The second kappa shape index (κ2) is 12.7. The molecule has 0 aliphatic carbocycles. The van der Waals surface area contributed by atoms with E-state index in [0.29, 0.717) is 57.6 Å². The highest BCUT2D eigenvalue weighted by Crippen LogP contribution is 2.36. The largest absolute Gasteiger partial charge is 0.493 e. The van der Waals surface area contributed by atoms with Gasteiger partial charge in [0, 0.05) is 12.0 Å². The van der Waals surface area contributed by atoms with Gasteiger partial charge in [0.25, 0.3) is 0 Å². The third-order valence-electron chi connectivity index (χ3n) is 6.19. The van der Waals surface area contributed by atoms with Gasteiger partial charge in [-0.25, -0.2) is 0 Å². The molecule has 0 fully saturated rings. The monoisotopic (exact) mass is 524 g/mol. The Balaban J connectivity index is 2.09. The van der Waals surface area contributed by atoms with Crippen molar-refractivity contribution in [1.82, 2.24) is 0 Å². The number of aliphatic carboxylic acids is 1. The lowest BCUT2D eigenvalue weighted by atomic mass is 9.91. The molecule has 0 heterocycles. The summed E-state index contributed by atoms with van der Waals surface area (Å²) in [5.41, 5.74) is 3.23. The summed E-state index contributed by atoms with van der Waals surface area (Å²) in [5.74, 6) is 1.73. The zero-order valence-corrected chi connectivity index (χ0v) is 22.4. The van der Waals surface area contributed by atoms with Crippen molar-refractivity contribution in [2.75, 3.05) is 42.7 Å². The zero-order chi connectivity index (χ0) is 27.8. The Kier molecular flexibility index (Phi) is 9.43. The summed E-state index contributed by atoms with van der Waals surface area (Å²) in [6.45, 7) is 0. The van der Waals surface area contributed by atoms with E-state index < -0.39 is 5.97 Å². The summed E-state index contributed by atoms with van der Waals surface area (Å²) in [5, 5.41) is 9.51. The second-order valence-electron chi connectivity index (χ2n) is 8.37. The van der Waals surface area contributed by atoms with Crippen molar-refractivity contribution in [3.63, 3.8) is 0 Å². The molecule has 202 valence electrons. The topological polar surface area (TPSA) is 110 Å². The summed E-state index contributed by atoms with van der Waals surface area (Å²) in [6, 6.07) is 12.0. The smallest absolute Gasteiger partial charge is 0.307 e. The summed E-state index contributed by atoms with van der Waals surface area (Å²) >= 11 is 0. The fourth-order valence-electron chi connectivity index (χ4n) is 4.24. The maximum Gasteiger partial charge on any atom is 0.307 e. The molecule has 3 aromatic carbocycles. The number of methoxy groups -OCH3 is 6. The molecule has 9 nitrogen and oxygen atoms in total. The lowest BCUT2D eigenvalue weighted by Crippen LogP contribution is -2.10. The van der Waals surface area contributed by atoms with E-state index in [1.165, 1.54) is 42.7 Å². The minimum atomic E-state index is -0.977. The standard InChI is InChI=1S/C29H32O9/c1-33-23-8-7-17(11-24(23)34-2)22(30)10-20-14-27(37-5)25(35-3)12-18(20)9-19-13-26(36-4)28(38-6)15-21(19)16-29(31)32/h7-8,11-15H,9-10,16H2,1-6H3,(H,31,32). The Hall–Kier alpha value is -4.40. The van der Waals surface area contributed by atoms with Gasteiger partial charge in [0.05, 0.1) is 49.1 Å². The number of hydrogen-bond donors (Lipinski definition) is 1. The number of carboxylic acids is 1. The Labute approximate surface area is 221 Å². The predicted octanol–water partition coefficient (Wildman–Crippen LogP) is 4.38. The van der Waals surface area contributed by atoms with Crippen molar-refractivity contribution in [3.8, 4) is 34.5 Å². The van der Waals surface area contributed by atoms with Gasteiger partial charge in [-0.3, -0.25) is 9.59 Å². The third kappa shape index (κ3) is 6.29. The highest BCUT2D eigenvalue weighted by atomic mass is 16.5. The van der Waals surface area contributed by atoms with Crippen molar-refractivity contribution >= 4 is 11.8 Å². The molecule has 0 radical (unpaired) electrons. The number of carboxylic acid groups (broad SMARTS) is 1. The van der Waals surface area contributed by atoms with Crippen molar-refractivity contribution in [2.45, 2.75) is 19.3 Å². The number of Topliss-reactive ketones (excluding diaryl/α,β-unsaturated/α-hetero) is 1. The number of ketones is 1. The molecule has 3 aromatic rings. The molecular formula is C29H32O9. The first kappa shape index (κ1) is 28.2. The quantitative estimate of drug-likeness (QED) is 0.326. The first-order valence-electron chi connectivity index (χ1n) is 11.7. The zero-order valence-electron chi connectivity index (χ0n) is 22.4. The Morgan fingerprint density at radius 2 is 0.947 bits per heavy atom. The van der Waals surface area contributed by atoms with Crippen LogP contribution in [0.2, 0.25) is 0 Å². The third-order valence-corrected chi connectivity index (χ3v) is 6.19. The minimum absolute atomic E-state index is 0.0622. The van der Waals surface area contributed by atoms with Crippen LogP contribution in [0, 0.1) is 0 Å². The van der Waals surface area contributed by atoms with Gasteiger partial charge in [-0.15, -0.1) is 0 Å². The van der Waals surface area contributed by atoms with Crippen LogP contribution < -0.4 is 28.4 Å².